The van der Waals surface area contributed by atoms with Crippen LogP contribution in [0.1, 0.15) is 26.7 Å². The van der Waals surface area contributed by atoms with E-state index in [4.69, 9.17) is 11.6 Å². The third-order valence-corrected chi connectivity index (χ3v) is 4.54. The minimum atomic E-state index is -0.586. The molecule has 1 fully saturated rings. The Balaban J connectivity index is 1.94. The summed E-state index contributed by atoms with van der Waals surface area (Å²) in [5.41, 5.74) is 1.21. The number of halogens is 2. The number of amidine groups is 1. The fourth-order valence-corrected chi connectivity index (χ4v) is 2.84. The van der Waals surface area contributed by atoms with Crippen molar-refractivity contribution in [1.29, 1.82) is 0 Å². The second-order valence-electron chi connectivity index (χ2n) is 5.07. The van der Waals surface area contributed by atoms with E-state index in [1.54, 1.807) is 0 Å². The molecule has 1 saturated heterocycles. The van der Waals surface area contributed by atoms with Gasteiger partial charge in [-0.2, -0.15) is 5.10 Å². The average molecular weight is 371 g/mol. The van der Waals surface area contributed by atoms with Crippen molar-refractivity contribution in [3.8, 4) is 0 Å². The monoisotopic (exact) mass is 370 g/mol. The highest BCUT2D eigenvalue weighted by Crippen LogP contribution is 2.24. The molecule has 1 aliphatic heterocycles. The molecule has 1 aliphatic rings. The van der Waals surface area contributed by atoms with Crippen molar-refractivity contribution in [2.75, 3.05) is 5.32 Å². The molecule has 0 radical (unpaired) electrons. The zero-order valence-corrected chi connectivity index (χ0v) is 14.7. The number of anilines is 1. The van der Waals surface area contributed by atoms with Crippen LogP contribution in [-0.4, -0.2) is 27.9 Å². The summed E-state index contributed by atoms with van der Waals surface area (Å²) in [6, 6.07) is 3.87. The molecule has 0 unspecified atom stereocenters. The minimum Gasteiger partial charge on any atom is -0.326 e. The second kappa shape index (κ2) is 8.25. The molecule has 9 heteroatoms. The van der Waals surface area contributed by atoms with Gasteiger partial charge in [-0.1, -0.05) is 30.3 Å². The Kier molecular flexibility index (Phi) is 6.33. The van der Waals surface area contributed by atoms with Crippen LogP contribution in [0.3, 0.4) is 0 Å². The van der Waals surface area contributed by atoms with E-state index in [0.29, 0.717) is 10.9 Å². The van der Waals surface area contributed by atoms with Gasteiger partial charge in [-0.25, -0.2) is 4.39 Å². The summed E-state index contributed by atoms with van der Waals surface area (Å²) in [7, 11) is 0. The maximum absolute atomic E-state index is 13.1. The maximum atomic E-state index is 13.1. The summed E-state index contributed by atoms with van der Waals surface area (Å²) in [5.74, 6) is -1.24. The molecule has 1 heterocycles. The smallest absolute Gasteiger partial charge is 0.240 e. The van der Waals surface area contributed by atoms with Crippen molar-refractivity contribution in [1.82, 2.24) is 5.32 Å². The summed E-state index contributed by atoms with van der Waals surface area (Å²) in [6.07, 6.45) is 0.725. The first kappa shape index (κ1) is 18.4. The predicted molar refractivity (Wildman–Crippen MR) is 95.0 cm³/mol. The van der Waals surface area contributed by atoms with Crippen LogP contribution in [-0.2, 0) is 9.59 Å². The van der Waals surface area contributed by atoms with Gasteiger partial charge in [0.25, 0.3) is 0 Å². The van der Waals surface area contributed by atoms with E-state index in [1.165, 1.54) is 12.1 Å². The highest BCUT2D eigenvalue weighted by Gasteiger charge is 2.32. The minimum absolute atomic E-state index is 0.0407. The van der Waals surface area contributed by atoms with Crippen LogP contribution in [0.25, 0.3) is 0 Å². The van der Waals surface area contributed by atoms with Crippen molar-refractivity contribution >= 4 is 51.7 Å². The van der Waals surface area contributed by atoms with Crippen molar-refractivity contribution in [2.45, 2.75) is 31.9 Å². The van der Waals surface area contributed by atoms with Crippen molar-refractivity contribution in [3.63, 3.8) is 0 Å². The van der Waals surface area contributed by atoms with Crippen molar-refractivity contribution in [2.24, 2.45) is 10.2 Å². The van der Waals surface area contributed by atoms with E-state index >= 15 is 0 Å². The average Bonchev–Trinajstić information content (AvgIpc) is 2.88. The fraction of sp³-hybridized carbons (Fsp3) is 0.333. The molecule has 2 rings (SSSR count). The number of carbonyl (C=O) groups is 2. The largest absolute Gasteiger partial charge is 0.326 e. The molecule has 1 aromatic carbocycles. The highest BCUT2D eigenvalue weighted by molar-refractivity contribution is 8.15. The lowest BCUT2D eigenvalue weighted by Crippen LogP contribution is -2.28. The molecule has 0 spiro atoms. The standard InChI is InChI=1S/C15H16ClFN4O2S/c1-3-8(2)20-21-15-19-14(23)12(24-15)7-13(22)18-9-4-5-11(17)10(16)6-9/h4-6,12H,3,7H2,1-2H3,(H,18,22)(H,19,21,23)/t12-/m0/s1. The molecule has 0 bridgehead atoms. The number of hydrogen-bond donors (Lipinski definition) is 2. The van der Waals surface area contributed by atoms with Gasteiger partial charge in [0.05, 0.1) is 5.02 Å². The molecule has 2 amide bonds. The van der Waals surface area contributed by atoms with Crippen molar-refractivity contribution < 1.29 is 14.0 Å². The van der Waals surface area contributed by atoms with Gasteiger partial charge >= 0.3 is 0 Å². The topological polar surface area (TPSA) is 82.9 Å². The van der Waals surface area contributed by atoms with E-state index in [0.717, 1.165) is 30.0 Å². The predicted octanol–water partition coefficient (Wildman–Crippen LogP) is 3.18. The second-order valence-corrected chi connectivity index (χ2v) is 6.67. The van der Waals surface area contributed by atoms with Gasteiger partial charge in [0.2, 0.25) is 11.8 Å². The molecule has 2 N–H and O–H groups in total. The Labute approximate surface area is 147 Å². The number of rotatable bonds is 5. The number of carbonyl (C=O) groups excluding carboxylic acids is 2. The molecule has 0 aliphatic carbocycles. The summed E-state index contributed by atoms with van der Waals surface area (Å²) in [6.45, 7) is 3.79. The fourth-order valence-electron chi connectivity index (χ4n) is 1.74. The molecule has 6 nitrogen and oxygen atoms in total. The van der Waals surface area contributed by atoms with Gasteiger partial charge in [-0.3, -0.25) is 9.59 Å². The molecule has 1 atom stereocenters. The van der Waals surface area contributed by atoms with Gasteiger partial charge in [0.15, 0.2) is 5.17 Å². The van der Waals surface area contributed by atoms with Crippen LogP contribution < -0.4 is 10.6 Å². The zero-order valence-electron chi connectivity index (χ0n) is 13.1. The Morgan fingerprint density at radius 2 is 2.25 bits per heavy atom. The zero-order chi connectivity index (χ0) is 17.7. The molecule has 0 saturated carbocycles. The van der Waals surface area contributed by atoms with E-state index in [9.17, 15) is 14.0 Å². The maximum Gasteiger partial charge on any atom is 0.240 e. The van der Waals surface area contributed by atoms with E-state index < -0.39 is 11.1 Å². The lowest BCUT2D eigenvalue weighted by Gasteiger charge is -2.08. The number of hydrogen-bond acceptors (Lipinski definition) is 5. The first-order valence-electron chi connectivity index (χ1n) is 7.22. The quantitative estimate of drug-likeness (QED) is 0.616. The van der Waals surface area contributed by atoms with E-state index in [2.05, 4.69) is 20.8 Å². The lowest BCUT2D eigenvalue weighted by molar-refractivity contribution is -0.122. The molecule has 1 aromatic rings. The van der Waals surface area contributed by atoms with Crippen LogP contribution in [0.15, 0.2) is 28.4 Å². The summed E-state index contributed by atoms with van der Waals surface area (Å²) in [5, 5.41) is 12.8. The van der Waals surface area contributed by atoms with Gasteiger partial charge in [0, 0.05) is 17.8 Å². The Morgan fingerprint density at radius 3 is 2.92 bits per heavy atom. The van der Waals surface area contributed by atoms with Crippen LogP contribution in [0.4, 0.5) is 10.1 Å². The lowest BCUT2D eigenvalue weighted by atomic mass is 10.2. The van der Waals surface area contributed by atoms with Gasteiger partial charge in [-0.05, 0) is 31.5 Å². The molecular formula is C15H16ClFN4O2S. The third kappa shape index (κ3) is 5.04. The number of amides is 2. The van der Waals surface area contributed by atoms with E-state index in [-0.39, 0.29) is 23.3 Å². The summed E-state index contributed by atoms with van der Waals surface area (Å²) >= 11 is 6.81. The van der Waals surface area contributed by atoms with Crippen LogP contribution >= 0.6 is 23.4 Å². The van der Waals surface area contributed by atoms with Gasteiger partial charge < -0.3 is 10.6 Å². The molecule has 128 valence electrons. The highest BCUT2D eigenvalue weighted by atomic mass is 35.5. The first-order chi connectivity index (χ1) is 11.4. The summed E-state index contributed by atoms with van der Waals surface area (Å²) in [4.78, 5) is 23.9. The normalized spacial score (nSPS) is 19.5. The molecule has 24 heavy (non-hydrogen) atoms. The number of thioether (sulfide) groups is 1. The number of nitrogens with zero attached hydrogens (tertiary/aromatic N) is 2. The third-order valence-electron chi connectivity index (χ3n) is 3.17. The summed E-state index contributed by atoms with van der Waals surface area (Å²) < 4.78 is 13.1. The van der Waals surface area contributed by atoms with Crippen molar-refractivity contribution in [3.05, 3.63) is 29.0 Å². The van der Waals surface area contributed by atoms with Crippen LogP contribution in [0, 0.1) is 5.82 Å². The number of benzene rings is 1. The van der Waals surface area contributed by atoms with E-state index in [1.807, 2.05) is 13.8 Å². The molecule has 0 aromatic heterocycles. The van der Waals surface area contributed by atoms with Gasteiger partial charge in [0.1, 0.15) is 11.1 Å². The SMILES string of the molecule is CCC(C)=NN=C1NC(=O)[C@H](CC(=O)Nc2ccc(F)c(Cl)c2)S1. The Hall–Kier alpha value is -1.93. The van der Waals surface area contributed by atoms with Gasteiger partial charge in [-0.15, -0.1) is 5.10 Å². The molecular weight excluding hydrogens is 355 g/mol. The number of nitrogens with one attached hydrogen (secondary N) is 2. The van der Waals surface area contributed by atoms with Crippen LogP contribution in [0.5, 0.6) is 0 Å². The van der Waals surface area contributed by atoms with Crippen LogP contribution in [0.2, 0.25) is 5.02 Å². The Morgan fingerprint density at radius 1 is 1.50 bits per heavy atom. The Bertz CT molecular complexity index is 723. The first-order valence-corrected chi connectivity index (χ1v) is 8.48.